The van der Waals surface area contributed by atoms with Crippen molar-refractivity contribution in [1.29, 1.82) is 0 Å². The third-order valence-electron chi connectivity index (χ3n) is 2.32. The van der Waals surface area contributed by atoms with Crippen LogP contribution in [0.25, 0.3) is 0 Å². The number of aliphatic hydroxyl groups excluding tert-OH is 1. The third-order valence-corrected chi connectivity index (χ3v) is 7.17. The van der Waals surface area contributed by atoms with Gasteiger partial charge in [0.1, 0.15) is 4.90 Å². The molecule has 0 saturated heterocycles. The molecule has 2 rings (SSSR count). The average Bonchev–Trinajstić information content (AvgIpc) is 2.76. The predicted octanol–water partition coefficient (Wildman–Crippen LogP) is 4.22. The van der Waals surface area contributed by atoms with E-state index in [0.717, 1.165) is 0 Å². The normalized spacial score (nSPS) is 11.6. The van der Waals surface area contributed by atoms with E-state index < -0.39 is 10.0 Å². The summed E-state index contributed by atoms with van der Waals surface area (Å²) in [5.41, 5.74) is 0.363. The Morgan fingerprint density at radius 3 is 2.55 bits per heavy atom. The zero-order valence-corrected chi connectivity index (χ0v) is 15.3. The summed E-state index contributed by atoms with van der Waals surface area (Å²) in [6, 6.07) is 6.19. The topological polar surface area (TPSA) is 66.4 Å². The van der Waals surface area contributed by atoms with Gasteiger partial charge in [0, 0.05) is 9.35 Å². The second kappa shape index (κ2) is 6.33. The highest BCUT2D eigenvalue weighted by molar-refractivity contribution is 9.11. The minimum atomic E-state index is -3.73. The Balaban J connectivity index is 2.35. The van der Waals surface area contributed by atoms with Gasteiger partial charge in [-0.25, -0.2) is 8.42 Å². The molecule has 0 radical (unpaired) electrons. The lowest BCUT2D eigenvalue weighted by Gasteiger charge is -2.08. The van der Waals surface area contributed by atoms with Gasteiger partial charge in [-0.1, -0.05) is 11.6 Å². The van der Waals surface area contributed by atoms with Crippen molar-refractivity contribution in [2.75, 3.05) is 4.72 Å². The summed E-state index contributed by atoms with van der Waals surface area (Å²) >= 11 is 13.5. The number of benzene rings is 1. The van der Waals surface area contributed by atoms with E-state index in [9.17, 15) is 8.42 Å². The molecule has 20 heavy (non-hydrogen) atoms. The van der Waals surface area contributed by atoms with Gasteiger partial charge in [-0.3, -0.25) is 4.72 Å². The summed E-state index contributed by atoms with van der Waals surface area (Å²) in [4.78, 5) is 0.650. The molecule has 108 valence electrons. The number of aliphatic hydroxyl groups is 1. The lowest BCUT2D eigenvalue weighted by Crippen LogP contribution is -2.12. The highest BCUT2D eigenvalue weighted by Gasteiger charge is 2.21. The van der Waals surface area contributed by atoms with Gasteiger partial charge in [-0.2, -0.15) is 0 Å². The molecule has 0 bridgehead atoms. The van der Waals surface area contributed by atoms with Crippen molar-refractivity contribution in [3.05, 3.63) is 42.4 Å². The molecule has 0 aliphatic carbocycles. The van der Waals surface area contributed by atoms with E-state index in [2.05, 4.69) is 36.6 Å². The largest absolute Gasteiger partial charge is 0.391 e. The maximum Gasteiger partial charge on any atom is 0.263 e. The third kappa shape index (κ3) is 3.55. The number of halogens is 3. The molecule has 0 saturated carbocycles. The highest BCUT2D eigenvalue weighted by Crippen LogP contribution is 2.33. The van der Waals surface area contributed by atoms with Crippen LogP contribution in [-0.4, -0.2) is 13.5 Å². The quantitative estimate of drug-likeness (QED) is 0.717. The van der Waals surface area contributed by atoms with E-state index in [1.807, 2.05) is 0 Å². The van der Waals surface area contributed by atoms with Gasteiger partial charge in [0.05, 0.1) is 21.1 Å². The zero-order valence-electron chi connectivity index (χ0n) is 9.73. The molecule has 0 fully saturated rings. The first-order valence-electron chi connectivity index (χ1n) is 5.20. The van der Waals surface area contributed by atoms with Crippen molar-refractivity contribution in [2.45, 2.75) is 11.5 Å². The summed E-state index contributed by atoms with van der Waals surface area (Å²) in [6.45, 7) is -0.205. The molecule has 9 heteroatoms. The number of thiophene rings is 1. The van der Waals surface area contributed by atoms with Gasteiger partial charge >= 0.3 is 0 Å². The zero-order chi connectivity index (χ0) is 14.9. The van der Waals surface area contributed by atoms with Gasteiger partial charge < -0.3 is 5.11 Å². The lowest BCUT2D eigenvalue weighted by molar-refractivity contribution is 0.285. The van der Waals surface area contributed by atoms with Crippen LogP contribution in [0.3, 0.4) is 0 Å². The Labute approximate surface area is 142 Å². The van der Waals surface area contributed by atoms with Crippen molar-refractivity contribution in [2.24, 2.45) is 0 Å². The van der Waals surface area contributed by atoms with Crippen LogP contribution in [0.1, 0.15) is 4.88 Å². The van der Waals surface area contributed by atoms with Crippen LogP contribution in [0.5, 0.6) is 0 Å². The fraction of sp³-hybridized carbons (Fsp3) is 0.0909. The maximum atomic E-state index is 12.3. The van der Waals surface area contributed by atoms with E-state index in [4.69, 9.17) is 16.7 Å². The second-order valence-corrected chi connectivity index (χ2v) is 9.11. The lowest BCUT2D eigenvalue weighted by atomic mass is 10.3. The van der Waals surface area contributed by atoms with E-state index in [1.165, 1.54) is 23.5 Å². The smallest absolute Gasteiger partial charge is 0.263 e. The van der Waals surface area contributed by atoms with Gasteiger partial charge in [0.25, 0.3) is 10.0 Å². The number of anilines is 1. The van der Waals surface area contributed by atoms with Gasteiger partial charge in [-0.05, 0) is 56.1 Å². The molecule has 1 heterocycles. The summed E-state index contributed by atoms with van der Waals surface area (Å²) < 4.78 is 28.1. The van der Waals surface area contributed by atoms with Crippen molar-refractivity contribution >= 4 is 70.5 Å². The van der Waals surface area contributed by atoms with E-state index >= 15 is 0 Å². The van der Waals surface area contributed by atoms with E-state index in [1.54, 1.807) is 12.1 Å². The molecule has 0 amide bonds. The van der Waals surface area contributed by atoms with Crippen LogP contribution in [-0.2, 0) is 16.6 Å². The van der Waals surface area contributed by atoms with Crippen molar-refractivity contribution in [3.63, 3.8) is 0 Å². The Kier molecular flexibility index (Phi) is 5.14. The summed E-state index contributed by atoms with van der Waals surface area (Å²) in [7, 11) is -3.73. The van der Waals surface area contributed by atoms with Crippen LogP contribution in [0.2, 0.25) is 5.02 Å². The fourth-order valence-electron chi connectivity index (χ4n) is 1.43. The number of hydrogen-bond acceptors (Lipinski definition) is 4. The molecule has 2 aromatic rings. The molecule has 0 aliphatic rings. The number of sulfonamides is 1. The number of rotatable bonds is 4. The first-order chi connectivity index (χ1) is 9.33. The first-order valence-corrected chi connectivity index (χ1v) is 9.47. The molecular weight excluding hydrogens is 454 g/mol. The molecule has 2 N–H and O–H groups in total. The minimum absolute atomic E-state index is 0.0885. The monoisotopic (exact) mass is 459 g/mol. The number of hydrogen-bond donors (Lipinski definition) is 2. The van der Waals surface area contributed by atoms with Gasteiger partial charge in [-0.15, -0.1) is 11.3 Å². The first kappa shape index (κ1) is 16.3. The number of nitrogens with one attached hydrogen (secondary N) is 1. The standard InChI is InChI=1S/C11H8Br2ClNO3S2/c12-8-2-1-6(3-9(8)14)15-20(17,18)10-4-7(5-16)19-11(10)13/h1-4,15-16H,5H2. The molecule has 0 aliphatic heterocycles. The van der Waals surface area contributed by atoms with Crippen LogP contribution in [0, 0.1) is 0 Å². The maximum absolute atomic E-state index is 12.3. The van der Waals surface area contributed by atoms with Crippen molar-refractivity contribution in [3.8, 4) is 0 Å². The SMILES string of the molecule is O=S(=O)(Nc1ccc(Br)c(Cl)c1)c1cc(CO)sc1Br. The predicted molar refractivity (Wildman–Crippen MR) is 87.9 cm³/mol. The van der Waals surface area contributed by atoms with E-state index in [0.29, 0.717) is 23.8 Å². The summed E-state index contributed by atoms with van der Waals surface area (Å²) in [5.74, 6) is 0. The Morgan fingerprint density at radius 1 is 1.30 bits per heavy atom. The molecule has 1 aromatic carbocycles. The molecule has 0 spiro atoms. The van der Waals surface area contributed by atoms with Crippen LogP contribution in [0.15, 0.2) is 37.4 Å². The van der Waals surface area contributed by atoms with Crippen molar-refractivity contribution < 1.29 is 13.5 Å². The Bertz CT molecular complexity index is 746. The molecule has 1 aromatic heterocycles. The van der Waals surface area contributed by atoms with Crippen LogP contribution in [0.4, 0.5) is 5.69 Å². The fourth-order valence-corrected chi connectivity index (χ4v) is 5.45. The van der Waals surface area contributed by atoms with Crippen LogP contribution >= 0.6 is 54.8 Å². The molecular formula is C11H8Br2ClNO3S2. The van der Waals surface area contributed by atoms with Gasteiger partial charge in [0.2, 0.25) is 0 Å². The summed E-state index contributed by atoms with van der Waals surface area (Å²) in [6.07, 6.45) is 0. The van der Waals surface area contributed by atoms with Gasteiger partial charge in [0.15, 0.2) is 0 Å². The summed E-state index contributed by atoms with van der Waals surface area (Å²) in [5, 5.41) is 9.46. The van der Waals surface area contributed by atoms with Crippen molar-refractivity contribution in [1.82, 2.24) is 0 Å². The average molecular weight is 462 g/mol. The Hall–Kier alpha value is -0.120. The van der Waals surface area contributed by atoms with E-state index in [-0.39, 0.29) is 11.5 Å². The molecule has 0 atom stereocenters. The van der Waals surface area contributed by atoms with Crippen LogP contribution < -0.4 is 4.72 Å². The minimum Gasteiger partial charge on any atom is -0.391 e. The highest BCUT2D eigenvalue weighted by atomic mass is 79.9. The molecule has 4 nitrogen and oxygen atoms in total. The second-order valence-electron chi connectivity index (χ2n) is 3.74. The molecule has 0 unspecified atom stereocenters. The Morgan fingerprint density at radius 2 is 2.00 bits per heavy atom.